The van der Waals surface area contributed by atoms with E-state index in [2.05, 4.69) is 4.98 Å². The molecule has 0 bridgehead atoms. The van der Waals surface area contributed by atoms with E-state index in [1.165, 1.54) is 11.3 Å². The van der Waals surface area contributed by atoms with Crippen LogP contribution in [0.4, 0.5) is 0 Å². The van der Waals surface area contributed by atoms with E-state index in [1.807, 2.05) is 18.7 Å². The van der Waals surface area contributed by atoms with Gasteiger partial charge in [0.15, 0.2) is 0 Å². The molecule has 5 heteroatoms. The zero-order valence-electron chi connectivity index (χ0n) is 8.94. The van der Waals surface area contributed by atoms with E-state index < -0.39 is 0 Å². The van der Waals surface area contributed by atoms with Crippen LogP contribution in [0.5, 0.6) is 0 Å². The van der Waals surface area contributed by atoms with Crippen LogP contribution < -0.4 is 0 Å². The predicted molar refractivity (Wildman–Crippen MR) is 63.6 cm³/mol. The number of rotatable bonds is 5. The van der Waals surface area contributed by atoms with Gasteiger partial charge in [-0.25, -0.2) is 0 Å². The number of hydrogen-bond acceptors (Lipinski definition) is 3. The third-order valence-electron chi connectivity index (χ3n) is 2.06. The maximum Gasteiger partial charge on any atom is 0.265 e. The molecular weight excluding hydrogens is 232 g/mol. The summed E-state index contributed by atoms with van der Waals surface area (Å²) in [6.07, 6.45) is 2.44. The second-order valence-corrected chi connectivity index (χ2v) is 4.76. The zero-order chi connectivity index (χ0) is 11.3. The highest BCUT2D eigenvalue weighted by molar-refractivity contribution is 7.11. The molecule has 0 aliphatic rings. The Bertz CT molecular complexity index is 300. The topological polar surface area (TPSA) is 33.2 Å². The van der Waals surface area contributed by atoms with Gasteiger partial charge >= 0.3 is 0 Å². The molecule has 0 N–H and O–H groups in total. The van der Waals surface area contributed by atoms with Crippen molar-refractivity contribution >= 4 is 28.8 Å². The van der Waals surface area contributed by atoms with Gasteiger partial charge in [0.2, 0.25) is 0 Å². The van der Waals surface area contributed by atoms with Crippen LogP contribution in [0, 0.1) is 0 Å². The second kappa shape index (κ2) is 6.08. The Kier molecular flexibility index (Phi) is 5.05. The molecule has 0 radical (unpaired) electrons. The molecule has 1 heterocycles. The first kappa shape index (κ1) is 12.5. The van der Waals surface area contributed by atoms with Crippen LogP contribution in [-0.2, 0) is 0 Å². The van der Waals surface area contributed by atoms with Crippen LogP contribution in [0.15, 0.2) is 11.7 Å². The molecule has 84 valence electrons. The van der Waals surface area contributed by atoms with Crippen LogP contribution in [0.1, 0.15) is 29.9 Å². The Morgan fingerprint density at radius 2 is 2.40 bits per heavy atom. The number of nitrogens with zero attached hydrogens (tertiary/aromatic N) is 2. The number of hydrogen-bond donors (Lipinski definition) is 0. The SMILES string of the molecule is CC(C)N(CCCCl)C(=O)c1cncs1. The fourth-order valence-electron chi connectivity index (χ4n) is 1.29. The highest BCUT2D eigenvalue weighted by Gasteiger charge is 2.19. The molecule has 0 aliphatic carbocycles. The molecule has 0 atom stereocenters. The molecule has 1 aromatic rings. The molecule has 0 saturated heterocycles. The Morgan fingerprint density at radius 1 is 1.67 bits per heavy atom. The Morgan fingerprint density at radius 3 is 2.87 bits per heavy atom. The quantitative estimate of drug-likeness (QED) is 0.749. The number of carbonyl (C=O) groups is 1. The third-order valence-corrected chi connectivity index (χ3v) is 3.09. The lowest BCUT2D eigenvalue weighted by atomic mass is 10.2. The molecule has 0 aromatic carbocycles. The standard InChI is InChI=1S/C10H15ClN2OS/c1-8(2)13(5-3-4-11)10(14)9-6-12-7-15-9/h6-8H,3-5H2,1-2H3. The zero-order valence-corrected chi connectivity index (χ0v) is 10.5. The van der Waals surface area contributed by atoms with Crippen molar-refractivity contribution in [2.75, 3.05) is 12.4 Å². The van der Waals surface area contributed by atoms with Crippen molar-refractivity contribution < 1.29 is 4.79 Å². The maximum atomic E-state index is 12.0. The fourth-order valence-corrected chi connectivity index (χ4v) is 1.98. The average molecular weight is 247 g/mol. The predicted octanol–water partition coefficient (Wildman–Crippen LogP) is 2.62. The monoisotopic (exact) mass is 246 g/mol. The minimum absolute atomic E-state index is 0.0533. The normalized spacial score (nSPS) is 10.7. The van der Waals surface area contributed by atoms with Gasteiger partial charge in [-0.05, 0) is 20.3 Å². The lowest BCUT2D eigenvalue weighted by molar-refractivity contribution is 0.0711. The molecule has 3 nitrogen and oxygen atoms in total. The first-order valence-electron chi connectivity index (χ1n) is 4.92. The first-order chi connectivity index (χ1) is 7.16. The maximum absolute atomic E-state index is 12.0. The third kappa shape index (κ3) is 3.47. The van der Waals surface area contributed by atoms with Crippen LogP contribution in [0.3, 0.4) is 0 Å². The van der Waals surface area contributed by atoms with Gasteiger partial charge in [-0.2, -0.15) is 0 Å². The summed E-state index contributed by atoms with van der Waals surface area (Å²) < 4.78 is 0. The Hall–Kier alpha value is -0.610. The minimum atomic E-state index is 0.0533. The molecule has 0 fully saturated rings. The van der Waals surface area contributed by atoms with Crippen molar-refractivity contribution in [1.82, 2.24) is 9.88 Å². The van der Waals surface area contributed by atoms with E-state index in [-0.39, 0.29) is 11.9 Å². The van der Waals surface area contributed by atoms with Crippen molar-refractivity contribution in [3.63, 3.8) is 0 Å². The molecule has 0 aliphatic heterocycles. The highest BCUT2D eigenvalue weighted by atomic mass is 35.5. The summed E-state index contributed by atoms with van der Waals surface area (Å²) >= 11 is 7.01. The van der Waals surface area contributed by atoms with Gasteiger partial charge in [0.05, 0.1) is 11.7 Å². The van der Waals surface area contributed by atoms with E-state index in [4.69, 9.17) is 11.6 Å². The van der Waals surface area contributed by atoms with Gasteiger partial charge in [0, 0.05) is 18.5 Å². The van der Waals surface area contributed by atoms with E-state index in [1.54, 1.807) is 11.7 Å². The summed E-state index contributed by atoms with van der Waals surface area (Å²) in [5.74, 6) is 0.636. The molecule has 15 heavy (non-hydrogen) atoms. The van der Waals surface area contributed by atoms with Gasteiger partial charge in [0.1, 0.15) is 4.88 Å². The summed E-state index contributed by atoms with van der Waals surface area (Å²) in [5, 5.41) is 0. The average Bonchev–Trinajstić information content (AvgIpc) is 2.70. The van der Waals surface area contributed by atoms with Crippen molar-refractivity contribution in [1.29, 1.82) is 0 Å². The molecule has 1 rings (SSSR count). The summed E-state index contributed by atoms with van der Waals surface area (Å²) in [5.41, 5.74) is 1.67. The van der Waals surface area contributed by atoms with E-state index >= 15 is 0 Å². The molecule has 1 aromatic heterocycles. The first-order valence-corrected chi connectivity index (χ1v) is 6.33. The largest absolute Gasteiger partial charge is 0.335 e. The van der Waals surface area contributed by atoms with Crippen molar-refractivity contribution in [3.05, 3.63) is 16.6 Å². The van der Waals surface area contributed by atoms with E-state index in [0.29, 0.717) is 17.3 Å². The lowest BCUT2D eigenvalue weighted by Gasteiger charge is -2.25. The Labute approximate surface area is 99.1 Å². The van der Waals surface area contributed by atoms with Crippen LogP contribution >= 0.6 is 22.9 Å². The van der Waals surface area contributed by atoms with Crippen LogP contribution in [-0.4, -0.2) is 34.3 Å². The fraction of sp³-hybridized carbons (Fsp3) is 0.600. The number of alkyl halides is 1. The molecule has 0 saturated carbocycles. The van der Waals surface area contributed by atoms with Gasteiger partial charge in [0.25, 0.3) is 5.91 Å². The van der Waals surface area contributed by atoms with Gasteiger partial charge in [-0.1, -0.05) is 0 Å². The summed E-state index contributed by atoms with van der Waals surface area (Å²) in [7, 11) is 0. The van der Waals surface area contributed by atoms with Crippen molar-refractivity contribution in [2.24, 2.45) is 0 Å². The smallest absolute Gasteiger partial charge is 0.265 e. The van der Waals surface area contributed by atoms with E-state index in [0.717, 1.165) is 6.42 Å². The summed E-state index contributed by atoms with van der Waals surface area (Å²) in [6.45, 7) is 4.72. The minimum Gasteiger partial charge on any atom is -0.335 e. The van der Waals surface area contributed by atoms with Crippen molar-refractivity contribution in [2.45, 2.75) is 26.3 Å². The summed E-state index contributed by atoms with van der Waals surface area (Å²) in [4.78, 5) is 18.4. The number of thiazole rings is 1. The molecule has 0 spiro atoms. The van der Waals surface area contributed by atoms with Crippen molar-refractivity contribution in [3.8, 4) is 0 Å². The number of carbonyl (C=O) groups excluding carboxylic acids is 1. The Balaban J connectivity index is 2.67. The summed E-state index contributed by atoms with van der Waals surface area (Å²) in [6, 6.07) is 0.197. The van der Waals surface area contributed by atoms with Gasteiger partial charge < -0.3 is 4.90 Å². The molecule has 1 amide bonds. The number of aromatic nitrogens is 1. The number of amides is 1. The van der Waals surface area contributed by atoms with Crippen LogP contribution in [0.2, 0.25) is 0 Å². The number of halogens is 1. The lowest BCUT2D eigenvalue weighted by Crippen LogP contribution is -2.37. The molecule has 0 unspecified atom stereocenters. The molecular formula is C10H15ClN2OS. The highest BCUT2D eigenvalue weighted by Crippen LogP contribution is 2.12. The van der Waals surface area contributed by atoms with Crippen LogP contribution in [0.25, 0.3) is 0 Å². The second-order valence-electron chi connectivity index (χ2n) is 3.50. The van der Waals surface area contributed by atoms with Gasteiger partial charge in [-0.3, -0.25) is 9.78 Å². The van der Waals surface area contributed by atoms with E-state index in [9.17, 15) is 4.79 Å². The van der Waals surface area contributed by atoms with Gasteiger partial charge in [-0.15, -0.1) is 22.9 Å².